The molecular weight excluding hydrogens is 338 g/mol. The Hall–Kier alpha value is -1.59. The molecule has 0 radical (unpaired) electrons. The Bertz CT molecular complexity index is 591. The van der Waals surface area contributed by atoms with Gasteiger partial charge in [0.05, 0.1) is 12.7 Å². The van der Waals surface area contributed by atoms with Crippen molar-refractivity contribution in [3.05, 3.63) is 35.4 Å². The summed E-state index contributed by atoms with van der Waals surface area (Å²) in [5, 5.41) is 7.04. The van der Waals surface area contributed by atoms with Gasteiger partial charge < -0.3 is 20.1 Å². The third kappa shape index (κ3) is 6.82. The maximum atomic E-state index is 6.04. The second-order valence-corrected chi connectivity index (χ2v) is 7.97. The first-order valence-electron chi connectivity index (χ1n) is 10.5. The van der Waals surface area contributed by atoms with Crippen LogP contribution >= 0.6 is 0 Å². The van der Waals surface area contributed by atoms with Crippen LogP contribution in [-0.4, -0.2) is 38.4 Å². The Balaban J connectivity index is 1.44. The number of aliphatic imine (C=N–C) groups is 1. The lowest BCUT2D eigenvalue weighted by Gasteiger charge is -2.28. The number of hydrogen-bond acceptors (Lipinski definition) is 3. The summed E-state index contributed by atoms with van der Waals surface area (Å²) >= 11 is 0. The van der Waals surface area contributed by atoms with Gasteiger partial charge in [0.15, 0.2) is 5.96 Å². The number of nitrogens with zero attached hydrogens (tertiary/aromatic N) is 1. The van der Waals surface area contributed by atoms with Crippen molar-refractivity contribution in [2.75, 3.05) is 20.3 Å². The number of benzene rings is 1. The first kappa shape index (κ1) is 20.2. The Morgan fingerprint density at radius 1 is 1.11 bits per heavy atom. The van der Waals surface area contributed by atoms with Gasteiger partial charge in [-0.2, -0.15) is 0 Å². The van der Waals surface area contributed by atoms with Crippen LogP contribution in [0, 0.1) is 5.92 Å². The van der Waals surface area contributed by atoms with Crippen molar-refractivity contribution in [2.45, 2.75) is 70.7 Å². The van der Waals surface area contributed by atoms with Crippen LogP contribution in [0.2, 0.25) is 0 Å². The Morgan fingerprint density at radius 2 is 1.85 bits per heavy atom. The molecule has 1 heterocycles. The second-order valence-electron chi connectivity index (χ2n) is 7.97. The van der Waals surface area contributed by atoms with Crippen LogP contribution in [-0.2, 0) is 22.6 Å². The molecule has 5 nitrogen and oxygen atoms in total. The highest BCUT2D eigenvalue weighted by Crippen LogP contribution is 2.23. The minimum absolute atomic E-state index is 0.335. The summed E-state index contributed by atoms with van der Waals surface area (Å²) < 4.78 is 11.4. The molecule has 3 rings (SSSR count). The van der Waals surface area contributed by atoms with E-state index in [-0.39, 0.29) is 0 Å². The minimum Gasteiger partial charge on any atom is -0.381 e. The molecular formula is C22H35N3O2. The van der Waals surface area contributed by atoms with E-state index in [9.17, 15) is 0 Å². The molecule has 1 aliphatic carbocycles. The molecule has 0 spiro atoms. The van der Waals surface area contributed by atoms with E-state index in [1.807, 2.05) is 7.05 Å². The lowest BCUT2D eigenvalue weighted by Crippen LogP contribution is -2.44. The summed E-state index contributed by atoms with van der Waals surface area (Å²) in [6.07, 6.45) is 7.43. The molecule has 1 aromatic carbocycles. The first-order chi connectivity index (χ1) is 13.2. The highest BCUT2D eigenvalue weighted by Gasteiger charge is 2.19. The molecule has 0 atom stereocenters. The average molecular weight is 374 g/mol. The molecule has 150 valence electrons. The zero-order chi connectivity index (χ0) is 18.9. The standard InChI is InChI=1S/C22H35N3O2/c1-17-6-8-20(9-7-17)25-22(23-2)24-15-18-4-3-5-19(14-18)16-27-21-10-12-26-13-11-21/h3-5,14,17,20-21H,6-13,15-16H2,1-2H3,(H2,23,24,25). The van der Waals surface area contributed by atoms with E-state index in [1.54, 1.807) is 0 Å². The van der Waals surface area contributed by atoms with Gasteiger partial charge in [-0.25, -0.2) is 0 Å². The number of ether oxygens (including phenoxy) is 2. The zero-order valence-electron chi connectivity index (χ0n) is 16.9. The number of rotatable bonds is 6. The van der Waals surface area contributed by atoms with Crippen LogP contribution in [0.4, 0.5) is 0 Å². The molecule has 1 aromatic rings. The molecule has 1 aliphatic heterocycles. The molecule has 0 bridgehead atoms. The van der Waals surface area contributed by atoms with E-state index in [2.05, 4.69) is 46.8 Å². The van der Waals surface area contributed by atoms with Crippen molar-refractivity contribution >= 4 is 5.96 Å². The lowest BCUT2D eigenvalue weighted by molar-refractivity contribution is -0.0390. The molecule has 2 N–H and O–H groups in total. The fourth-order valence-corrected chi connectivity index (χ4v) is 3.86. The largest absolute Gasteiger partial charge is 0.381 e. The average Bonchev–Trinajstić information content (AvgIpc) is 2.72. The van der Waals surface area contributed by atoms with Gasteiger partial charge >= 0.3 is 0 Å². The summed E-state index contributed by atoms with van der Waals surface area (Å²) in [6, 6.07) is 9.17. The minimum atomic E-state index is 0.335. The summed E-state index contributed by atoms with van der Waals surface area (Å²) in [4.78, 5) is 4.39. The van der Waals surface area contributed by atoms with E-state index in [0.717, 1.165) is 44.5 Å². The van der Waals surface area contributed by atoms with Gasteiger partial charge in [-0.15, -0.1) is 0 Å². The van der Waals surface area contributed by atoms with E-state index in [0.29, 0.717) is 18.8 Å². The summed E-state index contributed by atoms with van der Waals surface area (Å²) in [6.45, 7) is 5.43. The Morgan fingerprint density at radius 3 is 2.59 bits per heavy atom. The van der Waals surface area contributed by atoms with E-state index in [4.69, 9.17) is 9.47 Å². The van der Waals surface area contributed by atoms with Crippen LogP contribution in [0.25, 0.3) is 0 Å². The summed E-state index contributed by atoms with van der Waals surface area (Å²) in [5.74, 6) is 1.77. The van der Waals surface area contributed by atoms with E-state index in [1.165, 1.54) is 36.8 Å². The highest BCUT2D eigenvalue weighted by molar-refractivity contribution is 5.79. The van der Waals surface area contributed by atoms with Crippen molar-refractivity contribution in [3.63, 3.8) is 0 Å². The number of guanidine groups is 1. The molecule has 27 heavy (non-hydrogen) atoms. The highest BCUT2D eigenvalue weighted by atomic mass is 16.5. The van der Waals surface area contributed by atoms with Crippen molar-refractivity contribution < 1.29 is 9.47 Å². The number of nitrogens with one attached hydrogen (secondary N) is 2. The van der Waals surface area contributed by atoms with Crippen LogP contribution in [0.1, 0.15) is 56.6 Å². The molecule has 5 heteroatoms. The second kappa shape index (κ2) is 10.7. The van der Waals surface area contributed by atoms with Crippen molar-refractivity contribution in [2.24, 2.45) is 10.9 Å². The van der Waals surface area contributed by atoms with Gasteiger partial charge in [0, 0.05) is 32.8 Å². The van der Waals surface area contributed by atoms with Gasteiger partial charge in [0.2, 0.25) is 0 Å². The third-order valence-corrected chi connectivity index (χ3v) is 5.69. The quantitative estimate of drug-likeness (QED) is 0.591. The molecule has 1 saturated carbocycles. The predicted molar refractivity (Wildman–Crippen MR) is 110 cm³/mol. The van der Waals surface area contributed by atoms with Gasteiger partial charge in [-0.1, -0.05) is 31.2 Å². The zero-order valence-corrected chi connectivity index (χ0v) is 16.9. The van der Waals surface area contributed by atoms with Gasteiger partial charge in [-0.05, 0) is 55.6 Å². The SMILES string of the molecule is CN=C(NCc1cccc(COC2CCOCC2)c1)NC1CCC(C)CC1. The molecule has 0 amide bonds. The van der Waals surface area contributed by atoms with Crippen molar-refractivity contribution in [3.8, 4) is 0 Å². The topological polar surface area (TPSA) is 54.9 Å². The van der Waals surface area contributed by atoms with Crippen LogP contribution < -0.4 is 10.6 Å². The normalized spacial score (nSPS) is 24.6. The molecule has 2 aliphatic rings. The monoisotopic (exact) mass is 373 g/mol. The molecule has 0 unspecified atom stereocenters. The first-order valence-corrected chi connectivity index (χ1v) is 10.5. The van der Waals surface area contributed by atoms with Gasteiger partial charge in [-0.3, -0.25) is 4.99 Å². The summed E-state index contributed by atoms with van der Waals surface area (Å²) in [5.41, 5.74) is 2.48. The van der Waals surface area contributed by atoms with Crippen LogP contribution in [0.15, 0.2) is 29.3 Å². The van der Waals surface area contributed by atoms with Crippen LogP contribution in [0.3, 0.4) is 0 Å². The molecule has 0 aromatic heterocycles. The van der Waals surface area contributed by atoms with Crippen LogP contribution in [0.5, 0.6) is 0 Å². The van der Waals surface area contributed by atoms with E-state index >= 15 is 0 Å². The third-order valence-electron chi connectivity index (χ3n) is 5.69. The van der Waals surface area contributed by atoms with E-state index < -0.39 is 0 Å². The molecule has 1 saturated heterocycles. The Labute approximate surface area is 163 Å². The molecule has 2 fully saturated rings. The van der Waals surface area contributed by atoms with Crippen molar-refractivity contribution in [1.82, 2.24) is 10.6 Å². The maximum absolute atomic E-state index is 6.04. The summed E-state index contributed by atoms with van der Waals surface area (Å²) in [7, 11) is 1.85. The van der Waals surface area contributed by atoms with Gasteiger partial charge in [0.1, 0.15) is 0 Å². The predicted octanol–water partition coefficient (Wildman–Crippen LogP) is 3.63. The maximum Gasteiger partial charge on any atom is 0.191 e. The lowest BCUT2D eigenvalue weighted by atomic mass is 9.87. The smallest absolute Gasteiger partial charge is 0.191 e. The Kier molecular flexibility index (Phi) is 7.96. The fraction of sp³-hybridized carbons (Fsp3) is 0.682. The van der Waals surface area contributed by atoms with Crippen molar-refractivity contribution in [1.29, 1.82) is 0 Å². The fourth-order valence-electron chi connectivity index (χ4n) is 3.86. The van der Waals surface area contributed by atoms with Gasteiger partial charge in [0.25, 0.3) is 0 Å². The number of hydrogen-bond donors (Lipinski definition) is 2.